The van der Waals surface area contributed by atoms with Crippen molar-refractivity contribution in [1.29, 1.82) is 0 Å². The molecule has 2 aromatic carbocycles. The SMILES string of the molecule is COc1ccc(OCC(O)CNC(C)c2ccc(Cl)cc2)cc1. The topological polar surface area (TPSA) is 50.7 Å². The highest BCUT2D eigenvalue weighted by Crippen LogP contribution is 2.18. The van der Waals surface area contributed by atoms with Crippen LogP contribution in [-0.4, -0.2) is 31.5 Å². The third-order valence-electron chi connectivity index (χ3n) is 3.53. The Balaban J connectivity index is 1.73. The molecule has 2 rings (SSSR count). The Morgan fingerprint density at radius 3 is 2.26 bits per heavy atom. The van der Waals surface area contributed by atoms with Crippen LogP contribution in [0.5, 0.6) is 11.5 Å². The van der Waals surface area contributed by atoms with Gasteiger partial charge < -0.3 is 19.9 Å². The molecule has 4 nitrogen and oxygen atoms in total. The first-order chi connectivity index (χ1) is 11.1. The van der Waals surface area contributed by atoms with Gasteiger partial charge in [-0.2, -0.15) is 0 Å². The maximum absolute atomic E-state index is 10.0. The third kappa shape index (κ3) is 5.75. The van der Waals surface area contributed by atoms with E-state index in [1.54, 1.807) is 7.11 Å². The Morgan fingerprint density at radius 1 is 1.04 bits per heavy atom. The van der Waals surface area contributed by atoms with Crippen LogP contribution >= 0.6 is 11.6 Å². The van der Waals surface area contributed by atoms with Crippen LogP contribution < -0.4 is 14.8 Å². The molecule has 5 heteroatoms. The summed E-state index contributed by atoms with van der Waals surface area (Å²) in [6.45, 7) is 2.72. The fourth-order valence-electron chi connectivity index (χ4n) is 2.11. The number of nitrogens with one attached hydrogen (secondary N) is 1. The molecule has 0 fully saturated rings. The fraction of sp³-hybridized carbons (Fsp3) is 0.333. The molecule has 0 spiro atoms. The quantitative estimate of drug-likeness (QED) is 0.776. The van der Waals surface area contributed by atoms with Crippen LogP contribution in [0.3, 0.4) is 0 Å². The van der Waals surface area contributed by atoms with E-state index < -0.39 is 6.10 Å². The highest BCUT2D eigenvalue weighted by molar-refractivity contribution is 6.30. The second-order valence-corrected chi connectivity index (χ2v) is 5.76. The van der Waals surface area contributed by atoms with Gasteiger partial charge in [0.2, 0.25) is 0 Å². The number of hydrogen-bond acceptors (Lipinski definition) is 4. The summed E-state index contributed by atoms with van der Waals surface area (Å²) in [6, 6.07) is 15.1. The molecule has 0 bridgehead atoms. The van der Waals surface area contributed by atoms with E-state index in [4.69, 9.17) is 21.1 Å². The minimum Gasteiger partial charge on any atom is -0.497 e. The number of ether oxygens (including phenoxy) is 2. The van der Waals surface area contributed by atoms with Crippen molar-refractivity contribution in [2.45, 2.75) is 19.1 Å². The van der Waals surface area contributed by atoms with Crippen LogP contribution in [0.25, 0.3) is 0 Å². The largest absolute Gasteiger partial charge is 0.497 e. The van der Waals surface area contributed by atoms with E-state index in [9.17, 15) is 5.11 Å². The molecular weight excluding hydrogens is 314 g/mol. The molecular formula is C18H22ClNO3. The average Bonchev–Trinajstić information content (AvgIpc) is 2.59. The Morgan fingerprint density at radius 2 is 1.65 bits per heavy atom. The smallest absolute Gasteiger partial charge is 0.119 e. The van der Waals surface area contributed by atoms with Crippen LogP contribution in [0.4, 0.5) is 0 Å². The number of methoxy groups -OCH3 is 1. The monoisotopic (exact) mass is 335 g/mol. The minimum atomic E-state index is -0.591. The molecule has 124 valence electrons. The zero-order valence-corrected chi connectivity index (χ0v) is 14.1. The van der Waals surface area contributed by atoms with E-state index >= 15 is 0 Å². The van der Waals surface area contributed by atoms with Crippen molar-refractivity contribution in [2.75, 3.05) is 20.3 Å². The van der Waals surface area contributed by atoms with Gasteiger partial charge in [-0.1, -0.05) is 23.7 Å². The highest BCUT2D eigenvalue weighted by atomic mass is 35.5. The molecule has 0 radical (unpaired) electrons. The zero-order valence-electron chi connectivity index (χ0n) is 13.3. The summed E-state index contributed by atoms with van der Waals surface area (Å²) in [5.74, 6) is 1.48. The molecule has 23 heavy (non-hydrogen) atoms. The summed E-state index contributed by atoms with van der Waals surface area (Å²) in [5, 5.41) is 14.0. The first kappa shape index (κ1) is 17.6. The average molecular weight is 336 g/mol. The van der Waals surface area contributed by atoms with Crippen molar-refractivity contribution in [3.05, 3.63) is 59.1 Å². The summed E-state index contributed by atoms with van der Waals surface area (Å²) < 4.78 is 10.6. The number of aliphatic hydroxyl groups excluding tert-OH is 1. The molecule has 0 saturated heterocycles. The van der Waals surface area contributed by atoms with E-state index in [1.165, 1.54) is 0 Å². The van der Waals surface area contributed by atoms with Gasteiger partial charge in [0.15, 0.2) is 0 Å². The standard InChI is InChI=1S/C18H22ClNO3/c1-13(14-3-5-15(19)6-4-14)20-11-16(21)12-23-18-9-7-17(22-2)8-10-18/h3-10,13,16,20-21H,11-12H2,1-2H3. The van der Waals surface area contributed by atoms with Crippen molar-refractivity contribution >= 4 is 11.6 Å². The Hall–Kier alpha value is -1.75. The molecule has 2 aromatic rings. The first-order valence-electron chi connectivity index (χ1n) is 7.52. The van der Waals surface area contributed by atoms with Gasteiger partial charge in [0.05, 0.1) is 7.11 Å². The maximum Gasteiger partial charge on any atom is 0.119 e. The van der Waals surface area contributed by atoms with Crippen molar-refractivity contribution in [1.82, 2.24) is 5.32 Å². The normalized spacial score (nSPS) is 13.4. The summed E-state index contributed by atoms with van der Waals surface area (Å²) >= 11 is 5.88. The van der Waals surface area contributed by atoms with Gasteiger partial charge in [-0.05, 0) is 48.9 Å². The van der Waals surface area contributed by atoms with Crippen LogP contribution in [0.1, 0.15) is 18.5 Å². The molecule has 0 aliphatic heterocycles. The van der Waals surface area contributed by atoms with Crippen molar-refractivity contribution in [3.63, 3.8) is 0 Å². The van der Waals surface area contributed by atoms with Gasteiger partial charge in [-0.3, -0.25) is 0 Å². The Labute approximate surface area is 142 Å². The zero-order chi connectivity index (χ0) is 16.7. The van der Waals surface area contributed by atoms with Crippen LogP contribution in [0.15, 0.2) is 48.5 Å². The van der Waals surface area contributed by atoms with E-state index in [1.807, 2.05) is 55.5 Å². The predicted octanol–water partition coefficient (Wildman–Crippen LogP) is 3.44. The van der Waals surface area contributed by atoms with Gasteiger partial charge in [0.25, 0.3) is 0 Å². The number of benzene rings is 2. The molecule has 0 aromatic heterocycles. The second kappa shape index (κ2) is 8.77. The van der Waals surface area contributed by atoms with Crippen molar-refractivity contribution in [2.24, 2.45) is 0 Å². The lowest BCUT2D eigenvalue weighted by Crippen LogP contribution is -2.33. The molecule has 2 N–H and O–H groups in total. The van der Waals surface area contributed by atoms with Crippen LogP contribution in [-0.2, 0) is 0 Å². The third-order valence-corrected chi connectivity index (χ3v) is 3.78. The number of hydrogen-bond donors (Lipinski definition) is 2. The number of halogens is 1. The van der Waals surface area contributed by atoms with Gasteiger partial charge in [-0.15, -0.1) is 0 Å². The summed E-state index contributed by atoms with van der Waals surface area (Å²) in [4.78, 5) is 0. The molecule has 2 unspecified atom stereocenters. The lowest BCUT2D eigenvalue weighted by Gasteiger charge is -2.18. The summed E-state index contributed by atoms with van der Waals surface area (Å²) in [7, 11) is 1.62. The second-order valence-electron chi connectivity index (χ2n) is 5.32. The minimum absolute atomic E-state index is 0.128. The Bertz CT molecular complexity index is 586. The van der Waals surface area contributed by atoms with Crippen LogP contribution in [0, 0.1) is 0 Å². The number of rotatable bonds is 8. The molecule has 2 atom stereocenters. The van der Waals surface area contributed by atoms with Gasteiger partial charge in [0.1, 0.15) is 24.2 Å². The Kier molecular flexibility index (Phi) is 6.71. The van der Waals surface area contributed by atoms with Crippen molar-refractivity contribution in [3.8, 4) is 11.5 Å². The van der Waals surface area contributed by atoms with Gasteiger partial charge in [-0.25, -0.2) is 0 Å². The summed E-state index contributed by atoms with van der Waals surface area (Å²) in [5.41, 5.74) is 1.12. The molecule has 0 saturated carbocycles. The first-order valence-corrected chi connectivity index (χ1v) is 7.90. The number of aliphatic hydroxyl groups is 1. The molecule has 0 heterocycles. The van der Waals surface area contributed by atoms with Gasteiger partial charge >= 0.3 is 0 Å². The maximum atomic E-state index is 10.0. The predicted molar refractivity (Wildman–Crippen MR) is 92.4 cm³/mol. The van der Waals surface area contributed by atoms with E-state index in [0.717, 1.165) is 11.3 Å². The lowest BCUT2D eigenvalue weighted by atomic mass is 10.1. The van der Waals surface area contributed by atoms with E-state index in [2.05, 4.69) is 5.32 Å². The molecule has 0 aliphatic carbocycles. The van der Waals surface area contributed by atoms with Gasteiger partial charge in [0, 0.05) is 17.6 Å². The lowest BCUT2D eigenvalue weighted by molar-refractivity contribution is 0.104. The summed E-state index contributed by atoms with van der Waals surface area (Å²) in [6.07, 6.45) is -0.591. The fourth-order valence-corrected chi connectivity index (χ4v) is 2.23. The van der Waals surface area contributed by atoms with Crippen LogP contribution in [0.2, 0.25) is 5.02 Å². The van der Waals surface area contributed by atoms with E-state index in [-0.39, 0.29) is 12.6 Å². The molecule has 0 aliphatic rings. The van der Waals surface area contributed by atoms with Crippen molar-refractivity contribution < 1.29 is 14.6 Å². The van der Waals surface area contributed by atoms with E-state index in [0.29, 0.717) is 17.3 Å². The molecule has 0 amide bonds. The highest BCUT2D eigenvalue weighted by Gasteiger charge is 2.09.